The van der Waals surface area contributed by atoms with Crippen LogP contribution >= 0.6 is 0 Å². The summed E-state index contributed by atoms with van der Waals surface area (Å²) in [5, 5.41) is 11.5. The Balaban J connectivity index is 1.21. The van der Waals surface area contributed by atoms with E-state index in [1.54, 1.807) is 6.20 Å². The van der Waals surface area contributed by atoms with Crippen LogP contribution in [0, 0.1) is 0 Å². The van der Waals surface area contributed by atoms with E-state index in [1.165, 1.54) is 0 Å². The third-order valence-electron chi connectivity index (χ3n) is 6.66. The molecule has 178 valence electrons. The monoisotopic (exact) mass is 460 g/mol. The van der Waals surface area contributed by atoms with Gasteiger partial charge in [-0.25, -0.2) is 9.67 Å². The summed E-state index contributed by atoms with van der Waals surface area (Å²) in [7, 11) is 0. The maximum absolute atomic E-state index is 13.3. The molecule has 3 aromatic rings. The fourth-order valence-electron chi connectivity index (χ4n) is 4.62. The number of pyridine rings is 1. The van der Waals surface area contributed by atoms with Crippen molar-refractivity contribution in [3.63, 3.8) is 0 Å². The van der Waals surface area contributed by atoms with Gasteiger partial charge < -0.3 is 10.6 Å². The molecule has 0 atom stereocenters. The Morgan fingerprint density at radius 2 is 1.82 bits per heavy atom. The number of nitrogens with zero attached hydrogens (tertiary/aromatic N) is 4. The van der Waals surface area contributed by atoms with Crippen LogP contribution in [-0.4, -0.2) is 57.2 Å². The number of amides is 2. The first-order chi connectivity index (χ1) is 16.5. The van der Waals surface area contributed by atoms with Crippen molar-refractivity contribution >= 4 is 28.5 Å². The summed E-state index contributed by atoms with van der Waals surface area (Å²) in [6.07, 6.45) is 5.66. The maximum Gasteiger partial charge on any atom is 0.252 e. The molecule has 2 amide bonds. The first kappa shape index (κ1) is 22.5. The number of likely N-dealkylation sites (tertiary alicyclic amines) is 1. The van der Waals surface area contributed by atoms with E-state index in [0.29, 0.717) is 18.0 Å². The van der Waals surface area contributed by atoms with Crippen LogP contribution < -0.4 is 10.6 Å². The molecule has 2 N–H and O–H groups in total. The SMILES string of the molecule is CC(C)n1ncc2c(C(=O)NC3CCN(CC(=O)Nc4ccccc4)CC3)cc(C3CC3)nc21. The number of para-hydroxylation sites is 1. The molecule has 8 heteroatoms. The Labute approximate surface area is 199 Å². The van der Waals surface area contributed by atoms with Crippen molar-refractivity contribution in [2.75, 3.05) is 25.0 Å². The quantitative estimate of drug-likeness (QED) is 0.561. The number of fused-ring (bicyclic) bond motifs is 1. The van der Waals surface area contributed by atoms with E-state index in [-0.39, 0.29) is 23.9 Å². The Hall–Kier alpha value is -3.26. The van der Waals surface area contributed by atoms with Crippen molar-refractivity contribution in [3.8, 4) is 0 Å². The summed E-state index contributed by atoms with van der Waals surface area (Å²) in [4.78, 5) is 32.7. The molecule has 1 aromatic carbocycles. The smallest absolute Gasteiger partial charge is 0.252 e. The summed E-state index contributed by atoms with van der Waals surface area (Å²) in [5.41, 5.74) is 3.27. The number of hydrogen-bond donors (Lipinski definition) is 2. The summed E-state index contributed by atoms with van der Waals surface area (Å²) >= 11 is 0. The van der Waals surface area contributed by atoms with Gasteiger partial charge in [-0.15, -0.1) is 0 Å². The molecule has 2 aromatic heterocycles. The van der Waals surface area contributed by atoms with Crippen LogP contribution in [0.4, 0.5) is 5.69 Å². The van der Waals surface area contributed by atoms with Gasteiger partial charge in [0.2, 0.25) is 5.91 Å². The molecule has 0 bridgehead atoms. The number of nitrogens with one attached hydrogen (secondary N) is 2. The lowest BCUT2D eigenvalue weighted by atomic mass is 10.0. The summed E-state index contributed by atoms with van der Waals surface area (Å²) < 4.78 is 1.90. The van der Waals surface area contributed by atoms with E-state index in [0.717, 1.165) is 61.2 Å². The van der Waals surface area contributed by atoms with Gasteiger partial charge in [0.15, 0.2) is 5.65 Å². The normalized spacial score (nSPS) is 17.3. The van der Waals surface area contributed by atoms with Crippen molar-refractivity contribution in [1.82, 2.24) is 25.0 Å². The Morgan fingerprint density at radius 1 is 1.09 bits per heavy atom. The number of piperidine rings is 1. The Bertz CT molecular complexity index is 1180. The van der Waals surface area contributed by atoms with Crippen LogP contribution in [0.2, 0.25) is 0 Å². The first-order valence-electron chi connectivity index (χ1n) is 12.2. The Kier molecular flexibility index (Phi) is 6.32. The number of anilines is 1. The molecule has 3 heterocycles. The average molecular weight is 461 g/mol. The van der Waals surface area contributed by atoms with Crippen LogP contribution in [0.5, 0.6) is 0 Å². The summed E-state index contributed by atoms with van der Waals surface area (Å²) in [6.45, 7) is 6.06. The van der Waals surface area contributed by atoms with Gasteiger partial charge in [0, 0.05) is 42.5 Å². The molecule has 0 spiro atoms. The molecule has 34 heavy (non-hydrogen) atoms. The molecule has 1 aliphatic carbocycles. The summed E-state index contributed by atoms with van der Waals surface area (Å²) in [6, 6.07) is 11.7. The average Bonchev–Trinajstić information content (AvgIpc) is 3.59. The molecule has 5 rings (SSSR count). The van der Waals surface area contributed by atoms with Crippen molar-refractivity contribution in [2.24, 2.45) is 0 Å². The molecule has 2 fully saturated rings. The highest BCUT2D eigenvalue weighted by molar-refractivity contribution is 6.05. The van der Waals surface area contributed by atoms with Crippen molar-refractivity contribution < 1.29 is 9.59 Å². The van der Waals surface area contributed by atoms with Crippen LogP contribution in [-0.2, 0) is 4.79 Å². The zero-order valence-corrected chi connectivity index (χ0v) is 19.8. The Morgan fingerprint density at radius 3 is 2.50 bits per heavy atom. The maximum atomic E-state index is 13.3. The van der Waals surface area contributed by atoms with Crippen molar-refractivity contribution in [2.45, 2.75) is 57.5 Å². The second-order valence-corrected chi connectivity index (χ2v) is 9.73. The minimum atomic E-state index is -0.0575. The zero-order valence-electron chi connectivity index (χ0n) is 19.8. The summed E-state index contributed by atoms with van der Waals surface area (Å²) in [5.74, 6) is 0.386. The number of hydrogen-bond acceptors (Lipinski definition) is 5. The number of carbonyl (C=O) groups is 2. The van der Waals surface area contributed by atoms with Crippen LogP contribution in [0.25, 0.3) is 11.0 Å². The van der Waals surface area contributed by atoms with E-state index in [1.807, 2.05) is 41.1 Å². The fourth-order valence-corrected chi connectivity index (χ4v) is 4.62. The highest BCUT2D eigenvalue weighted by atomic mass is 16.2. The molecule has 1 saturated carbocycles. The number of rotatable bonds is 7. The molecule has 8 nitrogen and oxygen atoms in total. The van der Waals surface area contributed by atoms with E-state index in [2.05, 4.69) is 34.5 Å². The van der Waals surface area contributed by atoms with Crippen LogP contribution in [0.15, 0.2) is 42.6 Å². The molecule has 1 saturated heterocycles. The lowest BCUT2D eigenvalue weighted by Gasteiger charge is -2.31. The number of benzene rings is 1. The third-order valence-corrected chi connectivity index (χ3v) is 6.66. The second-order valence-electron chi connectivity index (χ2n) is 9.73. The van der Waals surface area contributed by atoms with E-state index >= 15 is 0 Å². The molecular weight excluding hydrogens is 428 g/mol. The molecule has 0 unspecified atom stereocenters. The van der Waals surface area contributed by atoms with Crippen molar-refractivity contribution in [1.29, 1.82) is 0 Å². The number of aromatic nitrogens is 3. The number of carbonyl (C=O) groups excluding carboxylic acids is 2. The zero-order chi connectivity index (χ0) is 23.7. The highest BCUT2D eigenvalue weighted by Crippen LogP contribution is 2.40. The van der Waals surface area contributed by atoms with Crippen LogP contribution in [0.1, 0.15) is 67.5 Å². The minimum Gasteiger partial charge on any atom is -0.349 e. The topological polar surface area (TPSA) is 92.2 Å². The molecule has 1 aliphatic heterocycles. The van der Waals surface area contributed by atoms with Crippen LogP contribution in [0.3, 0.4) is 0 Å². The lowest BCUT2D eigenvalue weighted by Crippen LogP contribution is -2.46. The molecule has 2 aliphatic rings. The minimum absolute atomic E-state index is 0.0115. The largest absolute Gasteiger partial charge is 0.349 e. The van der Waals surface area contributed by atoms with Crippen molar-refractivity contribution in [3.05, 3.63) is 53.9 Å². The molecular formula is C26H32N6O2. The molecule has 0 radical (unpaired) electrons. The highest BCUT2D eigenvalue weighted by Gasteiger charge is 2.29. The fraction of sp³-hybridized carbons (Fsp3) is 0.462. The predicted octanol–water partition coefficient (Wildman–Crippen LogP) is 3.72. The van der Waals surface area contributed by atoms with Gasteiger partial charge in [-0.05, 0) is 57.7 Å². The van der Waals surface area contributed by atoms with Gasteiger partial charge >= 0.3 is 0 Å². The second kappa shape index (κ2) is 9.54. The first-order valence-corrected chi connectivity index (χ1v) is 12.2. The van der Waals surface area contributed by atoms with E-state index in [4.69, 9.17) is 4.98 Å². The van der Waals surface area contributed by atoms with Gasteiger partial charge in [0.05, 0.1) is 23.7 Å². The lowest BCUT2D eigenvalue weighted by molar-refractivity contribution is -0.117. The van der Waals surface area contributed by atoms with Gasteiger partial charge in [-0.1, -0.05) is 18.2 Å². The standard InChI is InChI=1S/C26H32N6O2/c1-17(2)32-25-22(15-27-32)21(14-23(30-25)18-8-9-18)26(34)29-20-10-12-31(13-11-20)16-24(33)28-19-6-4-3-5-7-19/h3-7,14-15,17-18,20H,8-13,16H2,1-2H3,(H,28,33)(H,29,34). The predicted molar refractivity (Wildman–Crippen MR) is 132 cm³/mol. The van der Waals surface area contributed by atoms with Gasteiger partial charge in [0.25, 0.3) is 5.91 Å². The third kappa shape index (κ3) is 4.97. The van der Waals surface area contributed by atoms with E-state index in [9.17, 15) is 9.59 Å². The van der Waals surface area contributed by atoms with Gasteiger partial charge in [-0.2, -0.15) is 5.10 Å². The van der Waals surface area contributed by atoms with E-state index < -0.39 is 0 Å². The van der Waals surface area contributed by atoms with Gasteiger partial charge in [0.1, 0.15) is 0 Å². The van der Waals surface area contributed by atoms with Gasteiger partial charge in [-0.3, -0.25) is 14.5 Å².